The van der Waals surface area contributed by atoms with E-state index in [0.29, 0.717) is 0 Å². The van der Waals surface area contributed by atoms with E-state index in [9.17, 15) is 26.7 Å². The van der Waals surface area contributed by atoms with Crippen LogP contribution in [-0.4, -0.2) is 15.7 Å². The van der Waals surface area contributed by atoms with Gasteiger partial charge in [-0.3, -0.25) is 9.48 Å². The number of carbonyl (C=O) groups is 1. The number of carbonyl (C=O) groups excluding carboxylic acids is 1. The summed E-state index contributed by atoms with van der Waals surface area (Å²) in [5.74, 6) is -3.09. The minimum atomic E-state index is -4.61. The predicted molar refractivity (Wildman–Crippen MR) is 92.4 cm³/mol. The van der Waals surface area contributed by atoms with E-state index in [1.54, 1.807) is 0 Å². The number of alkyl halides is 3. The molecule has 0 saturated carbocycles. The second-order valence-corrected chi connectivity index (χ2v) is 5.89. The van der Waals surface area contributed by atoms with Gasteiger partial charge in [0.05, 0.1) is 5.69 Å². The first-order valence-electron chi connectivity index (χ1n) is 7.84. The zero-order valence-corrected chi connectivity index (χ0v) is 14.3. The molecule has 5 nitrogen and oxygen atoms in total. The minimum Gasteiger partial charge on any atom is -0.398 e. The van der Waals surface area contributed by atoms with Crippen LogP contribution in [0.5, 0.6) is 0 Å². The molecule has 10 heteroatoms. The molecule has 3 rings (SSSR count). The fraction of sp³-hybridized carbons (Fsp3) is 0.111. The van der Waals surface area contributed by atoms with Gasteiger partial charge in [-0.15, -0.1) is 0 Å². The van der Waals surface area contributed by atoms with Crippen molar-refractivity contribution in [2.75, 3.05) is 11.1 Å². The Labute approximate surface area is 155 Å². The molecule has 0 aliphatic carbocycles. The molecule has 0 atom stereocenters. The SMILES string of the molecule is Cn1nc(C(F)(F)F)cc1-c1ccc(NC(=O)c2c(F)cccc2F)cc1N. The van der Waals surface area contributed by atoms with E-state index >= 15 is 0 Å². The Hall–Kier alpha value is -3.43. The maximum atomic E-state index is 13.7. The lowest BCUT2D eigenvalue weighted by atomic mass is 10.1. The van der Waals surface area contributed by atoms with Crippen LogP contribution in [0.2, 0.25) is 0 Å². The van der Waals surface area contributed by atoms with Gasteiger partial charge < -0.3 is 11.1 Å². The Bertz CT molecular complexity index is 1040. The highest BCUT2D eigenvalue weighted by atomic mass is 19.4. The Balaban J connectivity index is 1.89. The van der Waals surface area contributed by atoms with Gasteiger partial charge in [0.15, 0.2) is 5.69 Å². The van der Waals surface area contributed by atoms with Crippen LogP contribution in [0.4, 0.5) is 33.3 Å². The van der Waals surface area contributed by atoms with Crippen molar-refractivity contribution in [3.63, 3.8) is 0 Å². The average molecular weight is 396 g/mol. The van der Waals surface area contributed by atoms with E-state index in [1.165, 1.54) is 25.2 Å². The molecular formula is C18H13F5N4O. The zero-order chi connectivity index (χ0) is 20.6. The van der Waals surface area contributed by atoms with Crippen LogP contribution in [0.3, 0.4) is 0 Å². The molecule has 0 fully saturated rings. The van der Waals surface area contributed by atoms with E-state index < -0.39 is 35.0 Å². The molecule has 1 heterocycles. The lowest BCUT2D eigenvalue weighted by molar-refractivity contribution is -0.141. The highest BCUT2D eigenvalue weighted by Gasteiger charge is 2.34. The first-order valence-corrected chi connectivity index (χ1v) is 7.84. The molecule has 28 heavy (non-hydrogen) atoms. The zero-order valence-electron chi connectivity index (χ0n) is 14.3. The van der Waals surface area contributed by atoms with E-state index in [2.05, 4.69) is 10.4 Å². The van der Waals surface area contributed by atoms with Crippen LogP contribution in [0.15, 0.2) is 42.5 Å². The number of aromatic nitrogens is 2. The third-order valence-electron chi connectivity index (χ3n) is 3.95. The third kappa shape index (κ3) is 3.66. The molecule has 0 saturated heterocycles. The Kier molecular flexibility index (Phi) is 4.80. The first-order chi connectivity index (χ1) is 13.1. The Morgan fingerprint density at radius 1 is 1.11 bits per heavy atom. The Morgan fingerprint density at radius 2 is 1.75 bits per heavy atom. The second-order valence-electron chi connectivity index (χ2n) is 5.89. The number of nitrogens with two attached hydrogens (primary N) is 1. The van der Waals surface area contributed by atoms with Crippen LogP contribution < -0.4 is 11.1 Å². The third-order valence-corrected chi connectivity index (χ3v) is 3.95. The lowest BCUT2D eigenvalue weighted by Gasteiger charge is -2.11. The molecule has 0 spiro atoms. The lowest BCUT2D eigenvalue weighted by Crippen LogP contribution is -2.16. The van der Waals surface area contributed by atoms with Crippen LogP contribution in [-0.2, 0) is 13.2 Å². The summed E-state index contributed by atoms with van der Waals surface area (Å²) in [4.78, 5) is 12.1. The number of hydrogen-bond donors (Lipinski definition) is 2. The quantitative estimate of drug-likeness (QED) is 0.514. The van der Waals surface area contributed by atoms with E-state index in [4.69, 9.17) is 5.73 Å². The van der Waals surface area contributed by atoms with E-state index in [1.807, 2.05) is 0 Å². The summed E-state index contributed by atoms with van der Waals surface area (Å²) < 4.78 is 66.8. The maximum Gasteiger partial charge on any atom is 0.435 e. The van der Waals surface area contributed by atoms with Crippen molar-refractivity contribution in [3.05, 3.63) is 65.4 Å². The first kappa shape index (κ1) is 19.3. The molecule has 1 amide bonds. The minimum absolute atomic E-state index is 0.0449. The highest BCUT2D eigenvalue weighted by Crippen LogP contribution is 2.34. The monoisotopic (exact) mass is 396 g/mol. The largest absolute Gasteiger partial charge is 0.435 e. The summed E-state index contributed by atoms with van der Waals surface area (Å²) >= 11 is 0. The second kappa shape index (κ2) is 6.95. The number of hydrogen-bond acceptors (Lipinski definition) is 3. The fourth-order valence-electron chi connectivity index (χ4n) is 2.64. The number of aryl methyl sites for hydroxylation is 1. The van der Waals surface area contributed by atoms with Gasteiger partial charge in [0.1, 0.15) is 17.2 Å². The topological polar surface area (TPSA) is 72.9 Å². The number of anilines is 2. The molecule has 0 radical (unpaired) electrons. The van der Waals surface area contributed by atoms with Gasteiger partial charge in [-0.05, 0) is 36.4 Å². The molecular weight excluding hydrogens is 383 g/mol. The van der Waals surface area contributed by atoms with E-state index in [0.717, 1.165) is 28.9 Å². The Morgan fingerprint density at radius 3 is 2.29 bits per heavy atom. The number of nitrogens with one attached hydrogen (secondary N) is 1. The van der Waals surface area contributed by atoms with Gasteiger partial charge >= 0.3 is 6.18 Å². The molecule has 3 aromatic rings. The van der Waals surface area contributed by atoms with Gasteiger partial charge in [0, 0.05) is 24.0 Å². The number of benzene rings is 2. The summed E-state index contributed by atoms with van der Waals surface area (Å²) in [5.41, 5.74) is 4.59. The summed E-state index contributed by atoms with van der Waals surface area (Å²) in [6.45, 7) is 0. The van der Waals surface area contributed by atoms with Gasteiger partial charge in [-0.1, -0.05) is 6.07 Å². The number of rotatable bonds is 3. The maximum absolute atomic E-state index is 13.7. The molecule has 0 aliphatic heterocycles. The van der Waals surface area contributed by atoms with Crippen molar-refractivity contribution >= 4 is 17.3 Å². The summed E-state index contributed by atoms with van der Waals surface area (Å²) in [6, 6.07) is 7.84. The standard InChI is InChI=1S/C18H13F5N4O/c1-27-14(8-15(26-27)18(21,22)23)10-6-5-9(7-13(10)24)25-17(28)16-11(19)3-2-4-12(16)20/h2-8H,24H2,1H3,(H,25,28). The summed E-state index contributed by atoms with van der Waals surface area (Å²) in [7, 11) is 1.33. The number of nitrogen functional groups attached to an aromatic ring is 1. The van der Waals surface area contributed by atoms with Crippen LogP contribution in [0.25, 0.3) is 11.3 Å². The highest BCUT2D eigenvalue weighted by molar-refractivity contribution is 6.05. The molecule has 0 unspecified atom stereocenters. The van der Waals surface area contributed by atoms with Crippen molar-refractivity contribution in [2.45, 2.75) is 6.18 Å². The molecule has 0 bridgehead atoms. The predicted octanol–water partition coefficient (Wildman–Crippen LogP) is 4.22. The van der Waals surface area contributed by atoms with Gasteiger partial charge in [0.2, 0.25) is 0 Å². The van der Waals surface area contributed by atoms with Crippen LogP contribution >= 0.6 is 0 Å². The van der Waals surface area contributed by atoms with E-state index in [-0.39, 0.29) is 22.6 Å². The molecule has 2 aromatic carbocycles. The molecule has 1 aromatic heterocycles. The average Bonchev–Trinajstić information content (AvgIpc) is 2.97. The summed E-state index contributed by atoms with van der Waals surface area (Å²) in [6.07, 6.45) is -4.61. The fourth-order valence-corrected chi connectivity index (χ4v) is 2.64. The number of halogens is 5. The van der Waals surface area contributed by atoms with Crippen molar-refractivity contribution < 1.29 is 26.7 Å². The van der Waals surface area contributed by atoms with Crippen molar-refractivity contribution in [1.29, 1.82) is 0 Å². The normalized spacial score (nSPS) is 11.5. The summed E-state index contributed by atoms with van der Waals surface area (Å²) in [5, 5.41) is 5.71. The molecule has 146 valence electrons. The number of nitrogens with zero attached hydrogens (tertiary/aromatic N) is 2. The van der Waals surface area contributed by atoms with Crippen molar-refractivity contribution in [1.82, 2.24) is 9.78 Å². The van der Waals surface area contributed by atoms with Gasteiger partial charge in [0.25, 0.3) is 5.91 Å². The van der Waals surface area contributed by atoms with Crippen LogP contribution in [0, 0.1) is 11.6 Å². The molecule has 3 N–H and O–H groups in total. The smallest absolute Gasteiger partial charge is 0.398 e. The van der Waals surface area contributed by atoms with Gasteiger partial charge in [-0.2, -0.15) is 18.3 Å². The van der Waals surface area contributed by atoms with Gasteiger partial charge in [-0.25, -0.2) is 8.78 Å². The number of amides is 1. The molecule has 0 aliphatic rings. The van der Waals surface area contributed by atoms with Crippen molar-refractivity contribution in [3.8, 4) is 11.3 Å². The van der Waals surface area contributed by atoms with Crippen molar-refractivity contribution in [2.24, 2.45) is 7.05 Å². The van der Waals surface area contributed by atoms with Crippen LogP contribution in [0.1, 0.15) is 16.1 Å².